The number of hydrogen-bond acceptors (Lipinski definition) is 4. The number of carbonyl (C=O) groups is 2. The molecular formula is C17H22ClNO4. The van der Waals surface area contributed by atoms with Crippen LogP contribution >= 0.6 is 11.6 Å². The SMILES string of the molecule is C[C@H]1CCCC[C@H]1NC(=O)COC(=O)COc1ccc(Cl)cc1. The molecule has 0 unspecified atom stereocenters. The van der Waals surface area contributed by atoms with Crippen LogP contribution in [0.2, 0.25) is 5.02 Å². The van der Waals surface area contributed by atoms with Crippen molar-refractivity contribution in [2.24, 2.45) is 5.92 Å². The molecule has 1 aliphatic rings. The first-order chi connectivity index (χ1) is 11.0. The highest BCUT2D eigenvalue weighted by Crippen LogP contribution is 2.23. The molecule has 0 saturated heterocycles. The van der Waals surface area contributed by atoms with Gasteiger partial charge in [-0.05, 0) is 43.0 Å². The van der Waals surface area contributed by atoms with Crippen molar-refractivity contribution >= 4 is 23.5 Å². The summed E-state index contributed by atoms with van der Waals surface area (Å²) in [5, 5.41) is 3.52. The molecule has 1 amide bonds. The highest BCUT2D eigenvalue weighted by molar-refractivity contribution is 6.30. The van der Waals surface area contributed by atoms with Crippen molar-refractivity contribution in [3.8, 4) is 5.75 Å². The maximum atomic E-state index is 11.8. The van der Waals surface area contributed by atoms with Crippen molar-refractivity contribution in [2.75, 3.05) is 13.2 Å². The second kappa shape index (κ2) is 8.77. The molecule has 1 aromatic carbocycles. The summed E-state index contributed by atoms with van der Waals surface area (Å²) in [4.78, 5) is 23.4. The van der Waals surface area contributed by atoms with Crippen LogP contribution in [0.5, 0.6) is 5.75 Å². The zero-order valence-corrected chi connectivity index (χ0v) is 14.0. The second-order valence-electron chi connectivity index (χ2n) is 5.84. The van der Waals surface area contributed by atoms with Crippen LogP contribution in [0.25, 0.3) is 0 Å². The molecule has 1 saturated carbocycles. The molecule has 0 heterocycles. The highest BCUT2D eigenvalue weighted by atomic mass is 35.5. The van der Waals surface area contributed by atoms with Crippen molar-refractivity contribution in [3.05, 3.63) is 29.3 Å². The minimum absolute atomic E-state index is 0.181. The molecular weight excluding hydrogens is 318 g/mol. The Labute approximate surface area is 141 Å². The highest BCUT2D eigenvalue weighted by Gasteiger charge is 2.23. The average Bonchev–Trinajstić information content (AvgIpc) is 2.54. The van der Waals surface area contributed by atoms with Crippen molar-refractivity contribution in [2.45, 2.75) is 38.6 Å². The van der Waals surface area contributed by atoms with Gasteiger partial charge in [0.2, 0.25) is 0 Å². The molecule has 2 rings (SSSR count). The fourth-order valence-corrected chi connectivity index (χ4v) is 2.77. The van der Waals surface area contributed by atoms with Gasteiger partial charge in [0.05, 0.1) is 0 Å². The Morgan fingerprint density at radius 2 is 1.87 bits per heavy atom. The van der Waals surface area contributed by atoms with Gasteiger partial charge in [-0.1, -0.05) is 31.4 Å². The van der Waals surface area contributed by atoms with Gasteiger partial charge in [-0.15, -0.1) is 0 Å². The zero-order chi connectivity index (χ0) is 16.7. The lowest BCUT2D eigenvalue weighted by Gasteiger charge is -2.29. The normalized spacial score (nSPS) is 20.6. The molecule has 2 atom stereocenters. The Hall–Kier alpha value is -1.75. The molecule has 0 aromatic heterocycles. The van der Waals surface area contributed by atoms with Gasteiger partial charge >= 0.3 is 5.97 Å². The van der Waals surface area contributed by atoms with Crippen LogP contribution in [0.3, 0.4) is 0 Å². The molecule has 0 bridgehead atoms. The second-order valence-corrected chi connectivity index (χ2v) is 6.28. The van der Waals surface area contributed by atoms with Gasteiger partial charge in [0.15, 0.2) is 13.2 Å². The minimum atomic E-state index is -0.577. The molecule has 6 heteroatoms. The van der Waals surface area contributed by atoms with Crippen LogP contribution < -0.4 is 10.1 Å². The van der Waals surface area contributed by atoms with E-state index in [0.29, 0.717) is 16.7 Å². The van der Waals surface area contributed by atoms with Crippen LogP contribution in [0.1, 0.15) is 32.6 Å². The van der Waals surface area contributed by atoms with Gasteiger partial charge in [-0.2, -0.15) is 0 Å². The number of esters is 1. The van der Waals surface area contributed by atoms with E-state index in [9.17, 15) is 9.59 Å². The Bertz CT molecular complexity index is 532. The predicted molar refractivity (Wildman–Crippen MR) is 87.5 cm³/mol. The predicted octanol–water partition coefficient (Wildman–Crippen LogP) is 2.96. The first-order valence-electron chi connectivity index (χ1n) is 7.88. The molecule has 0 spiro atoms. The fourth-order valence-electron chi connectivity index (χ4n) is 2.64. The quantitative estimate of drug-likeness (QED) is 0.809. The monoisotopic (exact) mass is 339 g/mol. The molecule has 23 heavy (non-hydrogen) atoms. The number of nitrogens with one attached hydrogen (secondary N) is 1. The summed E-state index contributed by atoms with van der Waals surface area (Å²) in [6.07, 6.45) is 4.45. The standard InChI is InChI=1S/C17H22ClNO4/c1-12-4-2-3-5-15(12)19-16(20)10-23-17(21)11-22-14-8-6-13(18)7-9-14/h6-9,12,15H,2-5,10-11H2,1H3,(H,19,20)/t12-,15+/m0/s1. The van der Waals surface area contributed by atoms with E-state index < -0.39 is 5.97 Å². The molecule has 0 aliphatic heterocycles. The van der Waals surface area contributed by atoms with Gasteiger partial charge in [-0.25, -0.2) is 4.79 Å². The average molecular weight is 340 g/mol. The molecule has 0 radical (unpaired) electrons. The van der Waals surface area contributed by atoms with Crippen LogP contribution in [-0.4, -0.2) is 31.1 Å². The maximum absolute atomic E-state index is 11.8. The van der Waals surface area contributed by atoms with E-state index in [-0.39, 0.29) is 25.2 Å². The number of hydrogen-bond donors (Lipinski definition) is 1. The van der Waals surface area contributed by atoms with E-state index in [1.807, 2.05) is 0 Å². The lowest BCUT2D eigenvalue weighted by molar-refractivity contribution is -0.150. The fraction of sp³-hybridized carbons (Fsp3) is 0.529. The third-order valence-corrected chi connectivity index (χ3v) is 4.24. The summed E-state index contributed by atoms with van der Waals surface area (Å²) in [7, 11) is 0. The van der Waals surface area contributed by atoms with E-state index in [4.69, 9.17) is 21.1 Å². The van der Waals surface area contributed by atoms with Crippen LogP contribution in [0, 0.1) is 5.92 Å². The minimum Gasteiger partial charge on any atom is -0.482 e. The van der Waals surface area contributed by atoms with Gasteiger partial charge in [0.1, 0.15) is 5.75 Å². The number of carbonyl (C=O) groups excluding carboxylic acids is 2. The summed E-state index contributed by atoms with van der Waals surface area (Å²) in [6, 6.07) is 6.84. The molecule has 1 aromatic rings. The number of ether oxygens (including phenoxy) is 2. The van der Waals surface area contributed by atoms with E-state index in [1.165, 1.54) is 6.42 Å². The third kappa shape index (κ3) is 6.10. The van der Waals surface area contributed by atoms with Crippen LogP contribution in [0.15, 0.2) is 24.3 Å². The number of benzene rings is 1. The first kappa shape index (κ1) is 17.6. The Morgan fingerprint density at radius 3 is 2.57 bits per heavy atom. The lowest BCUT2D eigenvalue weighted by Crippen LogP contribution is -2.43. The number of halogens is 1. The van der Waals surface area contributed by atoms with Gasteiger partial charge in [-0.3, -0.25) is 4.79 Å². The number of rotatable bonds is 6. The smallest absolute Gasteiger partial charge is 0.344 e. The maximum Gasteiger partial charge on any atom is 0.344 e. The molecule has 1 fully saturated rings. The summed E-state index contributed by atoms with van der Waals surface area (Å²) in [5.41, 5.74) is 0. The first-order valence-corrected chi connectivity index (χ1v) is 8.26. The van der Waals surface area contributed by atoms with Crippen molar-refractivity contribution in [1.82, 2.24) is 5.32 Å². The topological polar surface area (TPSA) is 64.6 Å². The largest absolute Gasteiger partial charge is 0.482 e. The van der Waals surface area contributed by atoms with Gasteiger partial charge in [0, 0.05) is 11.1 Å². The molecule has 126 valence electrons. The Morgan fingerprint density at radius 1 is 1.17 bits per heavy atom. The van der Waals surface area contributed by atoms with E-state index >= 15 is 0 Å². The van der Waals surface area contributed by atoms with Crippen LogP contribution in [0.4, 0.5) is 0 Å². The summed E-state index contributed by atoms with van der Waals surface area (Å²) in [6.45, 7) is 1.62. The molecule has 1 aliphatic carbocycles. The lowest BCUT2D eigenvalue weighted by atomic mass is 9.86. The van der Waals surface area contributed by atoms with E-state index in [0.717, 1.165) is 19.3 Å². The molecule has 5 nitrogen and oxygen atoms in total. The van der Waals surface area contributed by atoms with Crippen LogP contribution in [-0.2, 0) is 14.3 Å². The van der Waals surface area contributed by atoms with Crippen molar-refractivity contribution < 1.29 is 19.1 Å². The van der Waals surface area contributed by atoms with Crippen molar-refractivity contribution in [1.29, 1.82) is 0 Å². The zero-order valence-electron chi connectivity index (χ0n) is 13.2. The number of amides is 1. The Kier molecular flexibility index (Phi) is 6.71. The van der Waals surface area contributed by atoms with E-state index in [1.54, 1.807) is 24.3 Å². The van der Waals surface area contributed by atoms with Gasteiger partial charge < -0.3 is 14.8 Å². The summed E-state index contributed by atoms with van der Waals surface area (Å²) < 4.78 is 10.2. The van der Waals surface area contributed by atoms with Crippen molar-refractivity contribution in [3.63, 3.8) is 0 Å². The summed E-state index contributed by atoms with van der Waals surface area (Å²) in [5.74, 6) is 0.152. The van der Waals surface area contributed by atoms with Gasteiger partial charge in [0.25, 0.3) is 5.91 Å². The third-order valence-electron chi connectivity index (χ3n) is 3.99. The molecule has 1 N–H and O–H groups in total. The summed E-state index contributed by atoms with van der Waals surface area (Å²) >= 11 is 5.76. The Balaban J connectivity index is 1.65. The van der Waals surface area contributed by atoms with E-state index in [2.05, 4.69) is 12.2 Å².